The fourth-order valence-electron chi connectivity index (χ4n) is 5.39. The van der Waals surface area contributed by atoms with Crippen molar-refractivity contribution < 1.29 is 9.59 Å². The van der Waals surface area contributed by atoms with Crippen molar-refractivity contribution >= 4 is 48.2 Å². The predicted octanol–water partition coefficient (Wildman–Crippen LogP) is 5.05. The second-order valence-corrected chi connectivity index (χ2v) is 10.6. The third-order valence-electron chi connectivity index (χ3n) is 7.78. The normalized spacial score (nSPS) is 19.9. The molecule has 3 fully saturated rings. The molecule has 2 amide bonds. The number of amides is 2. The maximum Gasteiger partial charge on any atom is 0.229 e. The van der Waals surface area contributed by atoms with E-state index in [9.17, 15) is 9.59 Å². The Kier molecular flexibility index (Phi) is 10.0. The zero-order chi connectivity index (χ0) is 23.5. The van der Waals surface area contributed by atoms with Gasteiger partial charge in [0.2, 0.25) is 11.8 Å². The molecule has 1 atom stereocenters. The smallest absolute Gasteiger partial charge is 0.229 e. The molecule has 2 aromatic rings. The highest BCUT2D eigenvalue weighted by molar-refractivity contribution is 6.30. The lowest BCUT2D eigenvalue weighted by Gasteiger charge is -2.38. The van der Waals surface area contributed by atoms with Crippen molar-refractivity contribution in [3.05, 3.63) is 64.9 Å². The Labute approximate surface area is 231 Å². The predicted molar refractivity (Wildman–Crippen MR) is 147 cm³/mol. The van der Waals surface area contributed by atoms with Crippen LogP contribution in [-0.2, 0) is 16.1 Å². The number of carbonyl (C=O) groups excluding carboxylic acids is 2. The van der Waals surface area contributed by atoms with Crippen molar-refractivity contribution in [2.75, 3.05) is 26.2 Å². The molecule has 1 unspecified atom stereocenters. The molecule has 1 aliphatic carbocycles. The first kappa shape index (κ1) is 28.7. The molecule has 1 saturated carbocycles. The summed E-state index contributed by atoms with van der Waals surface area (Å²) in [6, 6.07) is 11.8. The monoisotopic (exact) mass is 552 g/mol. The molecule has 2 saturated heterocycles. The number of hydrogen-bond donors (Lipinski definition) is 1. The first-order chi connectivity index (χ1) is 16.5. The molecule has 2 aliphatic heterocycles. The van der Waals surface area contributed by atoms with Crippen LogP contribution in [0.4, 0.5) is 0 Å². The number of nitrogens with one attached hydrogen (secondary N) is 1. The highest BCUT2D eigenvalue weighted by atomic mass is 35.5. The summed E-state index contributed by atoms with van der Waals surface area (Å²) in [6.07, 6.45) is 9.24. The Balaban J connectivity index is 0.00000180. The van der Waals surface area contributed by atoms with Gasteiger partial charge in [-0.05, 0) is 80.9 Å². The van der Waals surface area contributed by atoms with E-state index < -0.39 is 0 Å². The molecule has 5 rings (SSSR count). The van der Waals surface area contributed by atoms with E-state index >= 15 is 0 Å². The van der Waals surface area contributed by atoms with Gasteiger partial charge in [0.25, 0.3) is 0 Å². The van der Waals surface area contributed by atoms with Crippen molar-refractivity contribution in [3.63, 3.8) is 0 Å². The van der Waals surface area contributed by atoms with Gasteiger partial charge < -0.3 is 15.1 Å². The van der Waals surface area contributed by atoms with Gasteiger partial charge in [-0.15, -0.1) is 24.8 Å². The molecular formula is C27H35Cl3N4O2. The molecule has 0 radical (unpaired) electrons. The van der Waals surface area contributed by atoms with E-state index in [2.05, 4.69) is 15.2 Å². The van der Waals surface area contributed by atoms with E-state index in [1.54, 1.807) is 6.20 Å². The van der Waals surface area contributed by atoms with Gasteiger partial charge in [-0.2, -0.15) is 0 Å². The fraction of sp³-hybridized carbons (Fsp3) is 0.519. The summed E-state index contributed by atoms with van der Waals surface area (Å²) in [4.78, 5) is 34.4. The number of pyridine rings is 1. The lowest BCUT2D eigenvalue weighted by Crippen LogP contribution is -2.45. The van der Waals surface area contributed by atoms with Crippen LogP contribution in [0.25, 0.3) is 0 Å². The summed E-state index contributed by atoms with van der Waals surface area (Å²) in [6.45, 7) is 4.25. The molecule has 1 N–H and O–H groups in total. The second-order valence-electron chi connectivity index (χ2n) is 10.1. The van der Waals surface area contributed by atoms with Crippen molar-refractivity contribution in [2.45, 2.75) is 51.1 Å². The van der Waals surface area contributed by atoms with Crippen LogP contribution in [0.1, 0.15) is 55.7 Å². The van der Waals surface area contributed by atoms with Crippen LogP contribution in [0.5, 0.6) is 0 Å². The van der Waals surface area contributed by atoms with Crippen molar-refractivity contribution in [1.82, 2.24) is 20.1 Å². The second kappa shape index (κ2) is 12.6. The third-order valence-corrected chi connectivity index (χ3v) is 8.03. The Hall–Kier alpha value is -1.86. The van der Waals surface area contributed by atoms with Gasteiger partial charge >= 0.3 is 0 Å². The first-order valence-electron chi connectivity index (χ1n) is 12.5. The van der Waals surface area contributed by atoms with Crippen LogP contribution in [0.2, 0.25) is 5.02 Å². The lowest BCUT2D eigenvalue weighted by molar-refractivity contribution is -0.139. The summed E-state index contributed by atoms with van der Waals surface area (Å²) in [7, 11) is 0. The number of nitrogens with zero attached hydrogens (tertiary/aromatic N) is 3. The zero-order valence-electron chi connectivity index (χ0n) is 20.4. The number of piperidine rings is 1. The number of halogens is 3. The average molecular weight is 554 g/mol. The van der Waals surface area contributed by atoms with Crippen molar-refractivity contribution in [1.29, 1.82) is 0 Å². The maximum atomic E-state index is 13.3. The van der Waals surface area contributed by atoms with Crippen molar-refractivity contribution in [3.8, 4) is 0 Å². The minimum absolute atomic E-state index is 0. The minimum Gasteiger partial charge on any atom is -0.349 e. The van der Waals surface area contributed by atoms with E-state index in [0.29, 0.717) is 17.5 Å². The molecule has 1 aromatic carbocycles. The van der Waals surface area contributed by atoms with Gasteiger partial charge in [0.05, 0.1) is 11.5 Å². The Morgan fingerprint density at radius 3 is 2.42 bits per heavy atom. The van der Waals surface area contributed by atoms with Gasteiger partial charge in [-0.3, -0.25) is 14.6 Å². The van der Waals surface area contributed by atoms with Gasteiger partial charge in [0.1, 0.15) is 0 Å². The van der Waals surface area contributed by atoms with Crippen LogP contribution in [0.15, 0.2) is 48.8 Å². The van der Waals surface area contributed by atoms with Crippen LogP contribution >= 0.6 is 36.4 Å². The largest absolute Gasteiger partial charge is 0.349 e. The van der Waals surface area contributed by atoms with Gasteiger partial charge in [0, 0.05) is 43.0 Å². The summed E-state index contributed by atoms with van der Waals surface area (Å²) < 4.78 is 0. The Bertz CT molecular complexity index is 1010. The average Bonchev–Trinajstić information content (AvgIpc) is 3.67. The topological polar surface area (TPSA) is 65.5 Å². The molecule has 3 aliphatic rings. The molecule has 3 heterocycles. The zero-order valence-corrected chi connectivity index (χ0v) is 22.8. The number of benzene rings is 1. The molecule has 1 aromatic heterocycles. The van der Waals surface area contributed by atoms with E-state index in [0.717, 1.165) is 75.8 Å². The molecule has 9 heteroatoms. The van der Waals surface area contributed by atoms with Crippen molar-refractivity contribution in [2.24, 2.45) is 11.3 Å². The summed E-state index contributed by atoms with van der Waals surface area (Å²) in [5.41, 5.74) is 1.99. The third kappa shape index (κ3) is 6.71. The highest BCUT2D eigenvalue weighted by Gasteiger charge is 2.47. The van der Waals surface area contributed by atoms with Gasteiger partial charge in [-0.25, -0.2) is 0 Å². The minimum atomic E-state index is -0.200. The summed E-state index contributed by atoms with van der Waals surface area (Å²) in [5, 5.41) is 3.97. The van der Waals surface area contributed by atoms with E-state index in [1.807, 2.05) is 47.5 Å². The Morgan fingerprint density at radius 1 is 1.08 bits per heavy atom. The SMILES string of the molecule is Cl.Cl.O=C(NC(CCN1CCC2(CC1)CCN(Cc1cccnc1)C2=O)c1ccc(Cl)cc1)C1CC1. The number of likely N-dealkylation sites (tertiary alicyclic amines) is 2. The molecule has 0 bridgehead atoms. The summed E-state index contributed by atoms with van der Waals surface area (Å²) >= 11 is 6.08. The summed E-state index contributed by atoms with van der Waals surface area (Å²) in [5.74, 6) is 0.669. The fourth-order valence-corrected chi connectivity index (χ4v) is 5.51. The van der Waals surface area contributed by atoms with E-state index in [1.165, 1.54) is 0 Å². The van der Waals surface area contributed by atoms with E-state index in [-0.39, 0.29) is 48.1 Å². The Morgan fingerprint density at radius 2 is 1.78 bits per heavy atom. The van der Waals surface area contributed by atoms with Crippen LogP contribution in [-0.4, -0.2) is 52.8 Å². The van der Waals surface area contributed by atoms with E-state index in [4.69, 9.17) is 11.6 Å². The molecule has 1 spiro atoms. The van der Waals surface area contributed by atoms with Gasteiger partial charge in [0.15, 0.2) is 0 Å². The van der Waals surface area contributed by atoms with Gasteiger partial charge in [-0.1, -0.05) is 29.8 Å². The van der Waals surface area contributed by atoms with Crippen LogP contribution in [0, 0.1) is 11.3 Å². The molecule has 6 nitrogen and oxygen atoms in total. The van der Waals surface area contributed by atoms with Crippen LogP contribution < -0.4 is 5.32 Å². The number of rotatable bonds is 8. The lowest BCUT2D eigenvalue weighted by atomic mass is 9.77. The highest BCUT2D eigenvalue weighted by Crippen LogP contribution is 2.42. The number of aromatic nitrogens is 1. The quantitative estimate of drug-likeness (QED) is 0.497. The molecule has 36 heavy (non-hydrogen) atoms. The molecule has 196 valence electrons. The maximum absolute atomic E-state index is 13.3. The first-order valence-corrected chi connectivity index (χ1v) is 12.9. The van der Waals surface area contributed by atoms with Crippen LogP contribution in [0.3, 0.4) is 0 Å². The number of carbonyl (C=O) groups is 2. The number of hydrogen-bond acceptors (Lipinski definition) is 4. The molecular weight excluding hydrogens is 519 g/mol. The standard InChI is InChI=1S/C27H33ClN4O2.2ClH/c28-23-7-5-21(6-8-23)24(30-25(33)22-3-4-22)9-14-31-15-10-27(11-16-31)12-17-32(26(27)34)19-20-2-1-13-29-18-20;;/h1-2,5-8,13,18,22,24H,3-4,9-12,14-17,19H2,(H,30,33);2*1H.